The molecule has 8 heteroatoms. The molecule has 8 aromatic rings. The normalized spacial score (nSPS) is 13.2. The van der Waals surface area contributed by atoms with Crippen molar-refractivity contribution in [1.82, 2.24) is 18.8 Å². The largest absolute Gasteiger partial charge is 0.268 e. The lowest BCUT2D eigenvalue weighted by atomic mass is 9.96. The van der Waals surface area contributed by atoms with Gasteiger partial charge in [-0.25, -0.2) is 9.97 Å². The van der Waals surface area contributed by atoms with Gasteiger partial charge in [0.25, 0.3) is 11.1 Å². The topological polar surface area (TPSA) is 68.7 Å². The van der Waals surface area contributed by atoms with Crippen LogP contribution in [0.1, 0.15) is 36.4 Å². The molecule has 6 heterocycles. The smallest absolute Gasteiger partial charge is 0.264 e. The van der Waals surface area contributed by atoms with Crippen molar-refractivity contribution in [3.05, 3.63) is 79.0 Å². The minimum Gasteiger partial charge on any atom is -0.268 e. The summed E-state index contributed by atoms with van der Waals surface area (Å²) in [6.45, 7) is 4.19. The van der Waals surface area contributed by atoms with Crippen LogP contribution in [0.4, 0.5) is 0 Å². The number of hydrogen-bond acceptors (Lipinski definition) is 6. The summed E-state index contributed by atoms with van der Waals surface area (Å²) in [6.07, 6.45) is 10.3. The van der Waals surface area contributed by atoms with Crippen molar-refractivity contribution < 1.29 is 0 Å². The highest BCUT2D eigenvalue weighted by Gasteiger charge is 2.23. The molecule has 0 bridgehead atoms. The number of fused-ring (bicyclic) bond motifs is 8. The fourth-order valence-electron chi connectivity index (χ4n) is 5.65. The van der Waals surface area contributed by atoms with E-state index >= 15 is 0 Å². The molecule has 8 rings (SSSR count). The zero-order chi connectivity index (χ0) is 25.7. The van der Waals surface area contributed by atoms with Gasteiger partial charge >= 0.3 is 0 Å². The van der Waals surface area contributed by atoms with Crippen molar-refractivity contribution in [2.45, 2.75) is 26.7 Å². The van der Waals surface area contributed by atoms with Gasteiger partial charge in [0.1, 0.15) is 21.0 Å². The number of thiophene rings is 2. The van der Waals surface area contributed by atoms with E-state index in [2.05, 4.69) is 38.2 Å². The number of benzene rings is 2. The Balaban J connectivity index is 1.50. The molecule has 0 saturated heterocycles. The quantitative estimate of drug-likeness (QED) is 0.223. The lowest BCUT2D eigenvalue weighted by Gasteiger charge is -2.12. The van der Waals surface area contributed by atoms with E-state index in [-0.39, 0.29) is 11.1 Å². The van der Waals surface area contributed by atoms with Crippen LogP contribution < -0.4 is 11.1 Å². The average molecular weight is 533 g/mol. The summed E-state index contributed by atoms with van der Waals surface area (Å²) in [4.78, 5) is 41.4. The zero-order valence-corrected chi connectivity index (χ0v) is 22.2. The van der Waals surface area contributed by atoms with E-state index in [1.54, 1.807) is 31.5 Å². The monoisotopic (exact) mass is 532 g/mol. The number of nitrogens with zero attached hydrogens (tertiary/aromatic N) is 4. The highest BCUT2D eigenvalue weighted by Crippen LogP contribution is 2.38. The first kappa shape index (κ1) is 21.9. The maximum absolute atomic E-state index is 13.9. The Morgan fingerprint density at radius 1 is 0.684 bits per heavy atom. The summed E-state index contributed by atoms with van der Waals surface area (Å²) < 4.78 is 3.45. The fraction of sp³-hybridized carbons (Fsp3) is 0.133. The predicted molar refractivity (Wildman–Crippen MR) is 161 cm³/mol. The summed E-state index contributed by atoms with van der Waals surface area (Å²) in [7, 11) is 0. The first-order chi connectivity index (χ1) is 18.6. The molecule has 0 amide bonds. The van der Waals surface area contributed by atoms with E-state index in [4.69, 9.17) is 9.97 Å². The van der Waals surface area contributed by atoms with Crippen molar-refractivity contribution in [3.8, 4) is 0 Å². The van der Waals surface area contributed by atoms with Gasteiger partial charge in [0.2, 0.25) is 0 Å². The molecule has 6 aromatic heterocycles. The summed E-state index contributed by atoms with van der Waals surface area (Å²) >= 11 is 3.16. The number of allylic oxidation sites excluding steroid dienone is 2. The SMILES string of the molecule is CC/C=C/c1cc2c(nc3c4ccc5c(=O)n6c7cc(/C=C/CC)sc7nc6c6ccc(c(=O)n23)c4c56)s1. The Kier molecular flexibility index (Phi) is 4.43. The van der Waals surface area contributed by atoms with E-state index in [1.165, 1.54) is 0 Å². The average Bonchev–Trinajstić information content (AvgIpc) is 3.66. The van der Waals surface area contributed by atoms with Crippen LogP contribution in [-0.2, 0) is 0 Å². The number of aromatic nitrogens is 4. The van der Waals surface area contributed by atoms with E-state index < -0.39 is 0 Å². The predicted octanol–water partition coefficient (Wildman–Crippen LogP) is 7.31. The van der Waals surface area contributed by atoms with Crippen LogP contribution in [-0.4, -0.2) is 18.8 Å². The highest BCUT2D eigenvalue weighted by molar-refractivity contribution is 7.19. The maximum atomic E-state index is 13.9. The van der Waals surface area contributed by atoms with Gasteiger partial charge in [0.05, 0.1) is 11.0 Å². The minimum absolute atomic E-state index is 0.114. The summed E-state index contributed by atoms with van der Waals surface area (Å²) in [6, 6.07) is 11.7. The Hall–Kier alpha value is -4.14. The molecular weight excluding hydrogens is 512 g/mol. The third-order valence-corrected chi connectivity index (χ3v) is 9.26. The molecule has 38 heavy (non-hydrogen) atoms. The van der Waals surface area contributed by atoms with Gasteiger partial charge in [-0.3, -0.25) is 18.4 Å². The van der Waals surface area contributed by atoms with E-state index in [1.807, 2.05) is 36.4 Å². The van der Waals surface area contributed by atoms with Crippen LogP contribution in [0.2, 0.25) is 0 Å². The van der Waals surface area contributed by atoms with Crippen molar-refractivity contribution in [2.24, 2.45) is 0 Å². The molecule has 0 unspecified atom stereocenters. The van der Waals surface area contributed by atoms with Gasteiger partial charge in [-0.05, 0) is 61.4 Å². The van der Waals surface area contributed by atoms with Gasteiger partial charge in [-0.1, -0.05) is 26.0 Å². The van der Waals surface area contributed by atoms with Crippen molar-refractivity contribution in [1.29, 1.82) is 0 Å². The van der Waals surface area contributed by atoms with E-state index in [9.17, 15) is 9.59 Å². The van der Waals surface area contributed by atoms with E-state index in [0.717, 1.165) is 64.8 Å². The third kappa shape index (κ3) is 2.71. The Labute approximate surface area is 223 Å². The third-order valence-electron chi connectivity index (χ3n) is 7.29. The lowest BCUT2D eigenvalue weighted by Crippen LogP contribution is -2.16. The molecule has 6 nitrogen and oxygen atoms in total. The second-order valence-electron chi connectivity index (χ2n) is 9.52. The van der Waals surface area contributed by atoms with Crippen LogP contribution in [0, 0.1) is 0 Å². The number of hydrogen-bond donors (Lipinski definition) is 0. The molecule has 0 aliphatic heterocycles. The van der Waals surface area contributed by atoms with Crippen LogP contribution in [0.25, 0.3) is 76.5 Å². The summed E-state index contributed by atoms with van der Waals surface area (Å²) in [5.41, 5.74) is 2.69. The molecule has 0 atom stereocenters. The molecule has 0 aliphatic carbocycles. The molecule has 0 N–H and O–H groups in total. The van der Waals surface area contributed by atoms with Gasteiger partial charge in [0, 0.05) is 42.1 Å². The maximum Gasteiger partial charge on any atom is 0.264 e. The van der Waals surface area contributed by atoms with Crippen LogP contribution in [0.5, 0.6) is 0 Å². The number of imidazole rings is 2. The first-order valence-corrected chi connectivity index (χ1v) is 14.3. The van der Waals surface area contributed by atoms with Crippen LogP contribution >= 0.6 is 22.7 Å². The Morgan fingerprint density at radius 3 is 1.53 bits per heavy atom. The molecule has 184 valence electrons. The van der Waals surface area contributed by atoms with Crippen molar-refractivity contribution >= 4 is 99.1 Å². The summed E-state index contributed by atoms with van der Waals surface area (Å²) in [5, 5.41) is 4.50. The Bertz CT molecular complexity index is 2250. The first-order valence-electron chi connectivity index (χ1n) is 12.7. The standard InChI is InChI=1S/C30H20N4O2S2/c1-3-5-7-15-13-21-27(37-15)31-25-17-9-12-20-24-18(10-11-19(23(17)24)29(35)33(21)25)26-32-28-22(34(26)30(20)36)14-16(38-28)8-6-4-2/h5-14H,3-4H2,1-2H3/b7-5+,8-6+. The number of rotatable bonds is 4. The van der Waals surface area contributed by atoms with Crippen LogP contribution in [0.15, 0.2) is 58.1 Å². The van der Waals surface area contributed by atoms with Gasteiger partial charge in [-0.2, -0.15) is 0 Å². The van der Waals surface area contributed by atoms with Crippen molar-refractivity contribution in [2.75, 3.05) is 0 Å². The second-order valence-corrected chi connectivity index (χ2v) is 11.6. The molecular formula is C30H20N4O2S2. The number of pyridine rings is 2. The molecule has 0 radical (unpaired) electrons. The van der Waals surface area contributed by atoms with Gasteiger partial charge in [-0.15, -0.1) is 22.7 Å². The van der Waals surface area contributed by atoms with Gasteiger partial charge in [0.15, 0.2) is 0 Å². The molecule has 0 fully saturated rings. The highest BCUT2D eigenvalue weighted by atomic mass is 32.1. The molecule has 0 spiro atoms. The molecule has 0 aliphatic rings. The zero-order valence-electron chi connectivity index (χ0n) is 20.6. The van der Waals surface area contributed by atoms with E-state index in [0.29, 0.717) is 22.1 Å². The van der Waals surface area contributed by atoms with Crippen LogP contribution in [0.3, 0.4) is 0 Å². The fourth-order valence-corrected chi connectivity index (χ4v) is 7.54. The molecule has 2 aromatic carbocycles. The lowest BCUT2D eigenvalue weighted by molar-refractivity contribution is 1.18. The van der Waals surface area contributed by atoms with Gasteiger partial charge < -0.3 is 0 Å². The second kappa shape index (κ2) is 7.69. The summed E-state index contributed by atoms with van der Waals surface area (Å²) in [5.74, 6) is 0. The minimum atomic E-state index is -0.114. The molecule has 0 saturated carbocycles. The Morgan fingerprint density at radius 2 is 1.11 bits per heavy atom. The van der Waals surface area contributed by atoms with Crippen molar-refractivity contribution in [3.63, 3.8) is 0 Å².